The predicted molar refractivity (Wildman–Crippen MR) is 143 cm³/mol. The molecule has 0 aliphatic heterocycles. The van der Waals surface area contributed by atoms with Crippen LogP contribution < -0.4 is 16.2 Å². The van der Waals surface area contributed by atoms with Crippen LogP contribution in [-0.4, -0.2) is 50.7 Å². The molecule has 0 saturated heterocycles. The van der Waals surface area contributed by atoms with Gasteiger partial charge in [0.05, 0.1) is 24.8 Å². The van der Waals surface area contributed by atoms with Gasteiger partial charge < -0.3 is 14.5 Å². The summed E-state index contributed by atoms with van der Waals surface area (Å²) in [5.74, 6) is -2.07. The number of carbonyl (C=O) groups excluding carboxylic acids is 3. The molecular formula is C27H33FN6O6. The van der Waals surface area contributed by atoms with Gasteiger partial charge in [-0.15, -0.1) is 10.2 Å². The van der Waals surface area contributed by atoms with Gasteiger partial charge in [0, 0.05) is 5.92 Å². The summed E-state index contributed by atoms with van der Waals surface area (Å²) in [6.45, 7) is 10.2. The second-order valence-corrected chi connectivity index (χ2v) is 10.4. The van der Waals surface area contributed by atoms with E-state index in [0.29, 0.717) is 11.4 Å². The first kappa shape index (κ1) is 30.1. The van der Waals surface area contributed by atoms with Gasteiger partial charge in [-0.1, -0.05) is 39.8 Å². The van der Waals surface area contributed by atoms with Gasteiger partial charge in [0.1, 0.15) is 23.9 Å². The first-order valence-electron chi connectivity index (χ1n) is 12.6. The lowest BCUT2D eigenvalue weighted by Gasteiger charge is -2.22. The topological polar surface area (TPSA) is 158 Å². The Hall–Kier alpha value is -4.42. The summed E-state index contributed by atoms with van der Waals surface area (Å²) >= 11 is 0. The highest BCUT2D eigenvalue weighted by molar-refractivity contribution is 5.98. The van der Waals surface area contributed by atoms with E-state index >= 15 is 0 Å². The summed E-state index contributed by atoms with van der Waals surface area (Å²) in [6.07, 6.45) is 0.337. The van der Waals surface area contributed by atoms with Crippen LogP contribution in [0.25, 0.3) is 0 Å². The molecule has 2 aromatic heterocycles. The average Bonchev–Trinajstić information content (AvgIpc) is 3.40. The number of amides is 2. The zero-order valence-electron chi connectivity index (χ0n) is 23.4. The van der Waals surface area contributed by atoms with Gasteiger partial charge in [0.2, 0.25) is 17.6 Å². The number of nitrogens with one attached hydrogen (secondary N) is 2. The van der Waals surface area contributed by atoms with E-state index in [0.717, 1.165) is 11.7 Å². The van der Waals surface area contributed by atoms with E-state index in [1.807, 2.05) is 0 Å². The van der Waals surface area contributed by atoms with Crippen LogP contribution in [0.5, 0.6) is 0 Å². The van der Waals surface area contributed by atoms with Gasteiger partial charge in [-0.3, -0.25) is 24.3 Å². The number of ether oxygens (including phenoxy) is 1. The van der Waals surface area contributed by atoms with Crippen molar-refractivity contribution in [2.45, 2.75) is 65.5 Å². The van der Waals surface area contributed by atoms with E-state index in [1.54, 1.807) is 53.7 Å². The Morgan fingerprint density at radius 3 is 2.33 bits per heavy atom. The van der Waals surface area contributed by atoms with Crippen molar-refractivity contribution in [3.05, 3.63) is 69.8 Å². The van der Waals surface area contributed by atoms with Crippen molar-refractivity contribution in [1.29, 1.82) is 0 Å². The summed E-state index contributed by atoms with van der Waals surface area (Å²) < 4.78 is 24.8. The van der Waals surface area contributed by atoms with Crippen LogP contribution in [0.3, 0.4) is 0 Å². The van der Waals surface area contributed by atoms with Crippen LogP contribution in [0.15, 0.2) is 39.7 Å². The minimum Gasteiger partial charge on any atom is -0.453 e. The van der Waals surface area contributed by atoms with Crippen molar-refractivity contribution in [2.24, 2.45) is 5.92 Å². The predicted octanol–water partition coefficient (Wildman–Crippen LogP) is 3.42. The van der Waals surface area contributed by atoms with Gasteiger partial charge in [-0.05, 0) is 37.5 Å². The molecule has 0 spiro atoms. The molecule has 2 N–H and O–H groups in total. The summed E-state index contributed by atoms with van der Waals surface area (Å²) in [4.78, 5) is 55.3. The number of carbonyl (C=O) groups is 3. The van der Waals surface area contributed by atoms with Crippen LogP contribution >= 0.6 is 0 Å². The standard InChI is InChI=1S/C27H33FN6O6/c1-14(2)20(21(36)23-32-33-25(40-23)27(5,6)16-8-10-17(28)11-9-16)31-19(35)13-34-22(15(3)4)29-12-18(24(34)37)30-26(38)39-7/h8-12,14-15,20H,13H2,1-7H3,(H,30,38)(H,31,35)/t20-/m1/s1. The molecule has 2 amide bonds. The molecule has 0 bridgehead atoms. The molecule has 12 nitrogen and oxygen atoms in total. The van der Waals surface area contributed by atoms with Crippen molar-refractivity contribution in [2.75, 3.05) is 12.4 Å². The molecule has 3 aromatic rings. The minimum absolute atomic E-state index is 0.144. The number of methoxy groups -OCH3 is 1. The number of benzene rings is 1. The summed E-state index contributed by atoms with van der Waals surface area (Å²) in [5, 5.41) is 12.9. The molecular weight excluding hydrogens is 523 g/mol. The van der Waals surface area contributed by atoms with Gasteiger partial charge >= 0.3 is 6.09 Å². The molecule has 1 atom stereocenters. The molecule has 0 aliphatic rings. The first-order chi connectivity index (χ1) is 18.8. The fraction of sp³-hybridized carbons (Fsp3) is 0.444. The Morgan fingerprint density at radius 2 is 1.75 bits per heavy atom. The van der Waals surface area contributed by atoms with E-state index in [4.69, 9.17) is 4.42 Å². The second-order valence-electron chi connectivity index (χ2n) is 10.4. The molecule has 1 aromatic carbocycles. The van der Waals surface area contributed by atoms with E-state index < -0.39 is 41.3 Å². The summed E-state index contributed by atoms with van der Waals surface area (Å²) in [5.41, 5.74) is -0.936. The molecule has 0 aliphatic carbocycles. The zero-order chi connectivity index (χ0) is 29.8. The van der Waals surface area contributed by atoms with Crippen LogP contribution in [0, 0.1) is 11.7 Å². The number of aromatic nitrogens is 4. The number of Topliss-reactive ketones (excluding diaryl/α,β-unsaturated/α-hetero) is 1. The van der Waals surface area contributed by atoms with E-state index in [-0.39, 0.29) is 35.1 Å². The smallest absolute Gasteiger partial charge is 0.411 e. The van der Waals surface area contributed by atoms with Gasteiger partial charge in [-0.2, -0.15) is 0 Å². The lowest BCUT2D eigenvalue weighted by molar-refractivity contribution is -0.122. The normalized spacial score (nSPS) is 12.3. The third kappa shape index (κ3) is 6.58. The largest absolute Gasteiger partial charge is 0.453 e. The number of halogens is 1. The summed E-state index contributed by atoms with van der Waals surface area (Å²) in [7, 11) is 1.15. The number of hydrogen-bond donors (Lipinski definition) is 2. The monoisotopic (exact) mass is 556 g/mol. The van der Waals surface area contributed by atoms with Crippen LogP contribution in [-0.2, 0) is 21.5 Å². The highest BCUT2D eigenvalue weighted by Gasteiger charge is 2.34. The molecule has 40 heavy (non-hydrogen) atoms. The van der Waals surface area contributed by atoms with E-state index in [9.17, 15) is 23.6 Å². The maximum Gasteiger partial charge on any atom is 0.411 e. The fourth-order valence-electron chi connectivity index (χ4n) is 3.96. The number of hydrogen-bond acceptors (Lipinski definition) is 9. The zero-order valence-corrected chi connectivity index (χ0v) is 23.4. The molecule has 0 fully saturated rings. The second kappa shape index (κ2) is 12.2. The number of anilines is 1. The molecule has 0 radical (unpaired) electrons. The SMILES string of the molecule is COC(=O)Nc1cnc(C(C)C)n(CC(=O)N[C@@H](C(=O)c2nnc(C(C)(C)c3ccc(F)cc3)o2)C(C)C)c1=O. The quantitative estimate of drug-likeness (QED) is 0.357. The van der Waals surface area contributed by atoms with E-state index in [2.05, 4.69) is 30.6 Å². The molecule has 13 heteroatoms. The first-order valence-corrected chi connectivity index (χ1v) is 12.6. The molecule has 0 unspecified atom stereocenters. The van der Waals surface area contributed by atoms with Crippen LogP contribution in [0.2, 0.25) is 0 Å². The summed E-state index contributed by atoms with van der Waals surface area (Å²) in [6, 6.07) is 4.77. The highest BCUT2D eigenvalue weighted by atomic mass is 19.1. The number of nitrogens with zero attached hydrogens (tertiary/aromatic N) is 4. The maximum atomic E-state index is 13.4. The fourth-order valence-corrected chi connectivity index (χ4v) is 3.96. The molecule has 0 saturated carbocycles. The lowest BCUT2D eigenvalue weighted by atomic mass is 9.84. The van der Waals surface area contributed by atoms with Crippen LogP contribution in [0.4, 0.5) is 14.9 Å². The van der Waals surface area contributed by atoms with Crippen molar-refractivity contribution in [1.82, 2.24) is 25.1 Å². The molecule has 3 rings (SSSR count). The Labute approximate surface area is 230 Å². The molecule has 2 heterocycles. The van der Waals surface area contributed by atoms with Gasteiger partial charge in [-0.25, -0.2) is 14.2 Å². The average molecular weight is 557 g/mol. The minimum atomic E-state index is -1.04. The van der Waals surface area contributed by atoms with Crippen molar-refractivity contribution in [3.63, 3.8) is 0 Å². The third-order valence-electron chi connectivity index (χ3n) is 6.32. The van der Waals surface area contributed by atoms with Crippen molar-refractivity contribution in [3.8, 4) is 0 Å². The Kier molecular flexibility index (Phi) is 9.17. The number of ketones is 1. The van der Waals surface area contributed by atoms with Gasteiger partial charge in [0.15, 0.2) is 0 Å². The Morgan fingerprint density at radius 1 is 1.10 bits per heavy atom. The van der Waals surface area contributed by atoms with Crippen molar-refractivity contribution >= 4 is 23.5 Å². The number of rotatable bonds is 10. The Balaban J connectivity index is 1.84. The maximum absolute atomic E-state index is 13.4. The van der Waals surface area contributed by atoms with E-state index in [1.165, 1.54) is 18.3 Å². The Bertz CT molecular complexity index is 1440. The highest BCUT2D eigenvalue weighted by Crippen LogP contribution is 2.30. The van der Waals surface area contributed by atoms with Gasteiger partial charge in [0.25, 0.3) is 11.4 Å². The van der Waals surface area contributed by atoms with Crippen molar-refractivity contribution < 1.29 is 27.9 Å². The molecule has 214 valence electrons. The van der Waals surface area contributed by atoms with Crippen LogP contribution in [0.1, 0.15) is 75.4 Å². The lowest BCUT2D eigenvalue weighted by Crippen LogP contribution is -2.47. The third-order valence-corrected chi connectivity index (χ3v) is 6.32.